The van der Waals surface area contributed by atoms with E-state index in [1.165, 1.54) is 6.08 Å². The number of carbonyl (C=O) groups excluding carboxylic acids is 1. The molecule has 0 saturated heterocycles. The number of hydrogen-bond donors (Lipinski definition) is 0. The fourth-order valence-corrected chi connectivity index (χ4v) is 1.78. The third-order valence-corrected chi connectivity index (χ3v) is 2.43. The maximum absolute atomic E-state index is 12.8. The molecule has 0 heterocycles. The second-order valence-electron chi connectivity index (χ2n) is 3.39. The topological polar surface area (TPSA) is 29.4 Å². The molecule has 0 aromatic carbocycles. The summed E-state index contributed by atoms with van der Waals surface area (Å²) in [7, 11) is 0. The Morgan fingerprint density at radius 3 is 3.00 bits per heavy atom. The van der Waals surface area contributed by atoms with Crippen LogP contribution in [0.15, 0.2) is 4.99 Å². The molecule has 1 rings (SSSR count). The molecule has 2 nitrogen and oxygen atoms in total. The van der Waals surface area contributed by atoms with Crippen molar-refractivity contribution in [1.82, 2.24) is 0 Å². The lowest BCUT2D eigenvalue weighted by atomic mass is 9.86. The van der Waals surface area contributed by atoms with E-state index in [0.717, 1.165) is 19.3 Å². The fourth-order valence-electron chi connectivity index (χ4n) is 1.78. The minimum Gasteiger partial charge on any atom is -0.247 e. The summed E-state index contributed by atoms with van der Waals surface area (Å²) in [6, 6.07) is 0. The molecule has 0 aromatic rings. The Kier molecular flexibility index (Phi) is 3.95. The predicted octanol–water partition coefficient (Wildman–Crippen LogP) is 2.24. The first kappa shape index (κ1) is 9.40. The summed E-state index contributed by atoms with van der Waals surface area (Å²) in [6.07, 6.45) is 5.17. The van der Waals surface area contributed by atoms with E-state index in [1.54, 1.807) is 0 Å². The Morgan fingerprint density at radius 2 is 2.33 bits per heavy atom. The van der Waals surface area contributed by atoms with Crippen LogP contribution in [0.1, 0.15) is 32.1 Å². The van der Waals surface area contributed by atoms with Crippen molar-refractivity contribution >= 4 is 6.08 Å². The van der Waals surface area contributed by atoms with E-state index >= 15 is 0 Å². The maximum atomic E-state index is 12.8. The minimum atomic E-state index is -0.621. The molecular formula is C9H14FNO. The molecule has 68 valence electrons. The van der Waals surface area contributed by atoms with E-state index in [1.807, 2.05) is 0 Å². The van der Waals surface area contributed by atoms with Gasteiger partial charge in [0.25, 0.3) is 0 Å². The van der Waals surface area contributed by atoms with Gasteiger partial charge in [0, 0.05) is 0 Å². The van der Waals surface area contributed by atoms with Gasteiger partial charge >= 0.3 is 0 Å². The second-order valence-corrected chi connectivity index (χ2v) is 3.39. The van der Waals surface area contributed by atoms with Crippen LogP contribution in [0, 0.1) is 5.92 Å². The molecule has 2 unspecified atom stereocenters. The van der Waals surface area contributed by atoms with Crippen molar-refractivity contribution in [3.05, 3.63) is 0 Å². The Balaban J connectivity index is 2.18. The van der Waals surface area contributed by atoms with Crippen LogP contribution in [0.4, 0.5) is 4.39 Å². The Hall–Kier alpha value is -0.690. The van der Waals surface area contributed by atoms with Gasteiger partial charge < -0.3 is 0 Å². The molecule has 3 heteroatoms. The van der Waals surface area contributed by atoms with Gasteiger partial charge in [-0.1, -0.05) is 12.8 Å². The lowest BCUT2D eigenvalue weighted by Crippen LogP contribution is -2.16. The van der Waals surface area contributed by atoms with E-state index in [9.17, 15) is 9.18 Å². The molecule has 0 aliphatic heterocycles. The summed E-state index contributed by atoms with van der Waals surface area (Å²) in [5.41, 5.74) is 0. The smallest absolute Gasteiger partial charge is 0.234 e. The van der Waals surface area contributed by atoms with Crippen molar-refractivity contribution in [3.8, 4) is 0 Å². The van der Waals surface area contributed by atoms with E-state index < -0.39 is 6.17 Å². The summed E-state index contributed by atoms with van der Waals surface area (Å²) in [5.74, 6) is 0.436. The third-order valence-electron chi connectivity index (χ3n) is 2.43. The van der Waals surface area contributed by atoms with Crippen molar-refractivity contribution in [1.29, 1.82) is 0 Å². The summed E-state index contributed by atoms with van der Waals surface area (Å²) in [4.78, 5) is 13.2. The zero-order chi connectivity index (χ0) is 8.81. The van der Waals surface area contributed by atoms with E-state index in [4.69, 9.17) is 0 Å². The number of alkyl halides is 1. The number of rotatable bonds is 3. The van der Waals surface area contributed by atoms with Gasteiger partial charge in [-0.25, -0.2) is 14.2 Å². The van der Waals surface area contributed by atoms with Gasteiger partial charge in [0.2, 0.25) is 6.08 Å². The zero-order valence-electron chi connectivity index (χ0n) is 7.13. The second kappa shape index (κ2) is 5.04. The Labute approximate surface area is 71.9 Å². The summed E-state index contributed by atoms with van der Waals surface area (Å²) < 4.78 is 12.8. The number of isocyanates is 1. The Bertz CT molecular complexity index is 177. The molecule has 1 fully saturated rings. The number of halogens is 1. The van der Waals surface area contributed by atoms with E-state index in [-0.39, 0.29) is 0 Å². The van der Waals surface area contributed by atoms with Gasteiger partial charge in [-0.05, 0) is 25.2 Å². The lowest BCUT2D eigenvalue weighted by molar-refractivity contribution is 0.193. The van der Waals surface area contributed by atoms with E-state index in [2.05, 4.69) is 4.99 Å². The fraction of sp³-hybridized carbons (Fsp3) is 0.889. The first-order valence-corrected chi connectivity index (χ1v) is 4.50. The largest absolute Gasteiger partial charge is 0.247 e. The number of hydrogen-bond acceptors (Lipinski definition) is 2. The van der Waals surface area contributed by atoms with Crippen molar-refractivity contribution in [2.24, 2.45) is 10.9 Å². The molecule has 0 radical (unpaired) electrons. The van der Waals surface area contributed by atoms with Gasteiger partial charge in [-0.15, -0.1) is 0 Å². The van der Waals surface area contributed by atoms with Crippen LogP contribution in [0.2, 0.25) is 0 Å². The molecule has 12 heavy (non-hydrogen) atoms. The highest BCUT2D eigenvalue weighted by molar-refractivity contribution is 5.32. The average molecular weight is 171 g/mol. The summed E-state index contributed by atoms with van der Waals surface area (Å²) in [6.45, 7) is 0.515. The van der Waals surface area contributed by atoms with Crippen molar-refractivity contribution in [2.75, 3.05) is 6.54 Å². The molecule has 0 spiro atoms. The normalized spacial score (nSPS) is 29.4. The van der Waals surface area contributed by atoms with Gasteiger partial charge in [-0.3, -0.25) is 0 Å². The minimum absolute atomic E-state index is 0.436. The van der Waals surface area contributed by atoms with Gasteiger partial charge in [0.05, 0.1) is 6.54 Å². The zero-order valence-corrected chi connectivity index (χ0v) is 7.13. The molecular weight excluding hydrogens is 157 g/mol. The van der Waals surface area contributed by atoms with Crippen LogP contribution in [0.5, 0.6) is 0 Å². The SMILES string of the molecule is O=C=NCCC1CCCC(F)C1. The highest BCUT2D eigenvalue weighted by Gasteiger charge is 2.20. The van der Waals surface area contributed by atoms with Crippen molar-refractivity contribution < 1.29 is 9.18 Å². The molecule has 0 aromatic heterocycles. The van der Waals surface area contributed by atoms with Gasteiger partial charge in [0.1, 0.15) is 6.17 Å². The quantitative estimate of drug-likeness (QED) is 0.473. The number of aliphatic imine (C=N–C) groups is 1. The molecule has 0 N–H and O–H groups in total. The predicted molar refractivity (Wildman–Crippen MR) is 44.5 cm³/mol. The van der Waals surface area contributed by atoms with Gasteiger partial charge in [-0.2, -0.15) is 0 Å². The molecule has 1 aliphatic carbocycles. The first-order chi connectivity index (χ1) is 5.83. The van der Waals surface area contributed by atoms with Crippen LogP contribution >= 0.6 is 0 Å². The highest BCUT2D eigenvalue weighted by atomic mass is 19.1. The van der Waals surface area contributed by atoms with Crippen LogP contribution in [-0.2, 0) is 4.79 Å². The van der Waals surface area contributed by atoms with Crippen molar-refractivity contribution in [3.63, 3.8) is 0 Å². The summed E-state index contributed by atoms with van der Waals surface area (Å²) >= 11 is 0. The highest BCUT2D eigenvalue weighted by Crippen LogP contribution is 2.28. The van der Waals surface area contributed by atoms with Crippen LogP contribution in [0.3, 0.4) is 0 Å². The van der Waals surface area contributed by atoms with Crippen LogP contribution < -0.4 is 0 Å². The third kappa shape index (κ3) is 3.14. The van der Waals surface area contributed by atoms with Crippen LogP contribution in [-0.4, -0.2) is 18.8 Å². The first-order valence-electron chi connectivity index (χ1n) is 4.50. The average Bonchev–Trinajstić information content (AvgIpc) is 2.05. The van der Waals surface area contributed by atoms with Gasteiger partial charge in [0.15, 0.2) is 0 Å². The number of nitrogens with zero attached hydrogens (tertiary/aromatic N) is 1. The van der Waals surface area contributed by atoms with Crippen molar-refractivity contribution in [2.45, 2.75) is 38.3 Å². The lowest BCUT2D eigenvalue weighted by Gasteiger charge is -2.23. The maximum Gasteiger partial charge on any atom is 0.234 e. The summed E-state index contributed by atoms with van der Waals surface area (Å²) in [5, 5.41) is 0. The molecule has 1 aliphatic rings. The molecule has 1 saturated carbocycles. The molecule has 0 amide bonds. The molecule has 2 atom stereocenters. The Morgan fingerprint density at radius 1 is 1.50 bits per heavy atom. The monoisotopic (exact) mass is 171 g/mol. The van der Waals surface area contributed by atoms with Crippen LogP contribution in [0.25, 0.3) is 0 Å². The van der Waals surface area contributed by atoms with E-state index in [0.29, 0.717) is 25.3 Å². The molecule has 0 bridgehead atoms. The standard InChI is InChI=1S/C9H14FNO/c10-9-3-1-2-8(6-9)4-5-11-7-12/h8-9H,1-6H2.